The average Bonchev–Trinajstić information content (AvgIpc) is 2.66. The van der Waals surface area contributed by atoms with Gasteiger partial charge in [-0.1, -0.05) is 20.8 Å². The highest BCUT2D eigenvalue weighted by molar-refractivity contribution is 5.33. The van der Waals surface area contributed by atoms with Crippen LogP contribution in [0.2, 0.25) is 0 Å². The van der Waals surface area contributed by atoms with Crippen molar-refractivity contribution in [2.24, 2.45) is 5.41 Å². The van der Waals surface area contributed by atoms with Crippen molar-refractivity contribution >= 4 is 5.82 Å². The molecule has 3 N–H and O–H groups in total. The number of pyridine rings is 1. The van der Waals surface area contributed by atoms with Crippen molar-refractivity contribution in [2.75, 3.05) is 12.3 Å². The van der Waals surface area contributed by atoms with Crippen molar-refractivity contribution in [3.63, 3.8) is 0 Å². The molecule has 1 aliphatic rings. The first kappa shape index (κ1) is 12.4. The van der Waals surface area contributed by atoms with Crippen LogP contribution in [0.25, 0.3) is 0 Å². The van der Waals surface area contributed by atoms with Crippen molar-refractivity contribution < 1.29 is 0 Å². The fourth-order valence-electron chi connectivity index (χ4n) is 2.82. The maximum atomic E-state index is 5.75. The van der Waals surface area contributed by atoms with E-state index in [0.717, 1.165) is 13.0 Å². The monoisotopic (exact) mass is 233 g/mol. The molecule has 1 fully saturated rings. The van der Waals surface area contributed by atoms with E-state index in [9.17, 15) is 0 Å². The zero-order valence-corrected chi connectivity index (χ0v) is 11.1. The molecule has 1 aliphatic heterocycles. The predicted octanol–water partition coefficient (Wildman–Crippen LogP) is 2.37. The van der Waals surface area contributed by atoms with Crippen LogP contribution in [0.4, 0.5) is 5.82 Å². The fourth-order valence-corrected chi connectivity index (χ4v) is 2.82. The first-order chi connectivity index (χ1) is 7.93. The Bertz CT molecular complexity index is 387. The molecule has 0 saturated carbocycles. The second-order valence-corrected chi connectivity index (χ2v) is 6.13. The fraction of sp³-hybridized carbons (Fsp3) is 0.643. The Labute approximate surface area is 104 Å². The van der Waals surface area contributed by atoms with Gasteiger partial charge in [0.2, 0.25) is 0 Å². The minimum atomic E-state index is 0.195. The second-order valence-electron chi connectivity index (χ2n) is 6.13. The minimum absolute atomic E-state index is 0.195. The Kier molecular flexibility index (Phi) is 3.13. The van der Waals surface area contributed by atoms with Crippen LogP contribution in [0.15, 0.2) is 18.3 Å². The minimum Gasteiger partial charge on any atom is -0.384 e. The van der Waals surface area contributed by atoms with Gasteiger partial charge in [-0.2, -0.15) is 0 Å². The van der Waals surface area contributed by atoms with Crippen molar-refractivity contribution in [3.05, 3.63) is 23.9 Å². The van der Waals surface area contributed by atoms with Gasteiger partial charge in [-0.25, -0.2) is 4.98 Å². The summed E-state index contributed by atoms with van der Waals surface area (Å²) < 4.78 is 0. The van der Waals surface area contributed by atoms with E-state index in [0.29, 0.717) is 5.82 Å². The van der Waals surface area contributed by atoms with E-state index in [1.807, 2.05) is 6.07 Å². The SMILES string of the molecule is CC(C)(C)C1(Cc2ccnc(N)c2)CCCN1. The predicted molar refractivity (Wildman–Crippen MR) is 71.8 cm³/mol. The van der Waals surface area contributed by atoms with Crippen LogP contribution in [0.1, 0.15) is 39.2 Å². The van der Waals surface area contributed by atoms with Crippen molar-refractivity contribution in [1.82, 2.24) is 10.3 Å². The number of rotatable bonds is 2. The molecule has 17 heavy (non-hydrogen) atoms. The molecule has 3 heteroatoms. The number of nitrogens with one attached hydrogen (secondary N) is 1. The van der Waals surface area contributed by atoms with Gasteiger partial charge < -0.3 is 11.1 Å². The van der Waals surface area contributed by atoms with Gasteiger partial charge in [0, 0.05) is 11.7 Å². The first-order valence-electron chi connectivity index (χ1n) is 6.38. The highest BCUT2D eigenvalue weighted by atomic mass is 15.0. The van der Waals surface area contributed by atoms with E-state index in [2.05, 4.69) is 37.1 Å². The normalized spacial score (nSPS) is 25.1. The third-order valence-corrected chi connectivity index (χ3v) is 4.03. The smallest absolute Gasteiger partial charge is 0.123 e. The van der Waals surface area contributed by atoms with E-state index >= 15 is 0 Å². The van der Waals surface area contributed by atoms with Crippen LogP contribution in [-0.4, -0.2) is 17.1 Å². The number of anilines is 1. The molecule has 0 bridgehead atoms. The molecule has 2 heterocycles. The lowest BCUT2D eigenvalue weighted by Gasteiger charge is -2.42. The Morgan fingerprint density at radius 1 is 1.47 bits per heavy atom. The summed E-state index contributed by atoms with van der Waals surface area (Å²) in [5.74, 6) is 0.615. The summed E-state index contributed by atoms with van der Waals surface area (Å²) in [7, 11) is 0. The van der Waals surface area contributed by atoms with Crippen LogP contribution >= 0.6 is 0 Å². The van der Waals surface area contributed by atoms with Crippen LogP contribution < -0.4 is 11.1 Å². The van der Waals surface area contributed by atoms with E-state index < -0.39 is 0 Å². The maximum absolute atomic E-state index is 5.75. The molecular weight excluding hydrogens is 210 g/mol. The molecule has 1 atom stereocenters. The van der Waals surface area contributed by atoms with E-state index in [1.165, 1.54) is 18.4 Å². The van der Waals surface area contributed by atoms with Gasteiger partial charge in [-0.05, 0) is 48.9 Å². The molecular formula is C14H23N3. The maximum Gasteiger partial charge on any atom is 0.123 e. The average molecular weight is 233 g/mol. The van der Waals surface area contributed by atoms with Gasteiger partial charge >= 0.3 is 0 Å². The Morgan fingerprint density at radius 3 is 2.76 bits per heavy atom. The molecule has 0 aliphatic carbocycles. The van der Waals surface area contributed by atoms with Gasteiger partial charge in [0.05, 0.1) is 0 Å². The van der Waals surface area contributed by atoms with Gasteiger partial charge in [0.1, 0.15) is 5.82 Å². The number of nitrogens with two attached hydrogens (primary N) is 1. The molecule has 3 nitrogen and oxygen atoms in total. The molecule has 94 valence electrons. The lowest BCUT2D eigenvalue weighted by atomic mass is 9.69. The van der Waals surface area contributed by atoms with Gasteiger partial charge in [0.15, 0.2) is 0 Å². The highest BCUT2D eigenvalue weighted by Gasteiger charge is 2.43. The summed E-state index contributed by atoms with van der Waals surface area (Å²) in [6, 6.07) is 4.07. The third kappa shape index (κ3) is 2.44. The lowest BCUT2D eigenvalue weighted by Crippen LogP contribution is -2.52. The number of hydrogen-bond donors (Lipinski definition) is 2. The number of aromatic nitrogens is 1. The van der Waals surface area contributed by atoms with Crippen LogP contribution in [0.3, 0.4) is 0 Å². The molecule has 1 aromatic rings. The quantitative estimate of drug-likeness (QED) is 0.824. The summed E-state index contributed by atoms with van der Waals surface area (Å²) >= 11 is 0. The van der Waals surface area contributed by atoms with Crippen LogP contribution in [0.5, 0.6) is 0 Å². The molecule has 0 aromatic carbocycles. The molecule has 0 radical (unpaired) electrons. The molecule has 1 unspecified atom stereocenters. The topological polar surface area (TPSA) is 50.9 Å². The zero-order chi connectivity index (χ0) is 12.5. The lowest BCUT2D eigenvalue weighted by molar-refractivity contribution is 0.159. The van der Waals surface area contributed by atoms with Crippen LogP contribution in [0, 0.1) is 5.41 Å². The van der Waals surface area contributed by atoms with Gasteiger partial charge in [-0.15, -0.1) is 0 Å². The Morgan fingerprint density at radius 2 is 2.24 bits per heavy atom. The van der Waals surface area contributed by atoms with Crippen molar-refractivity contribution in [1.29, 1.82) is 0 Å². The molecule has 1 aromatic heterocycles. The van der Waals surface area contributed by atoms with Gasteiger partial charge in [0.25, 0.3) is 0 Å². The summed E-state index contributed by atoms with van der Waals surface area (Å²) in [6.07, 6.45) is 5.33. The largest absolute Gasteiger partial charge is 0.384 e. The van der Waals surface area contributed by atoms with Gasteiger partial charge in [-0.3, -0.25) is 0 Å². The number of nitrogens with zero attached hydrogens (tertiary/aromatic N) is 1. The summed E-state index contributed by atoms with van der Waals surface area (Å²) in [6.45, 7) is 8.07. The molecule has 0 spiro atoms. The van der Waals surface area contributed by atoms with E-state index in [4.69, 9.17) is 5.73 Å². The number of nitrogen functional groups attached to an aromatic ring is 1. The zero-order valence-electron chi connectivity index (χ0n) is 11.1. The number of hydrogen-bond acceptors (Lipinski definition) is 3. The summed E-state index contributed by atoms with van der Waals surface area (Å²) in [5, 5.41) is 3.72. The molecule has 2 rings (SSSR count). The third-order valence-electron chi connectivity index (χ3n) is 4.03. The van der Waals surface area contributed by atoms with Crippen LogP contribution in [-0.2, 0) is 6.42 Å². The van der Waals surface area contributed by atoms with Crippen molar-refractivity contribution in [3.8, 4) is 0 Å². The second kappa shape index (κ2) is 4.30. The Balaban J connectivity index is 2.25. The standard InChI is InChI=1S/C14H23N3/c1-13(2,3)14(6-4-7-17-14)10-11-5-8-16-12(15)9-11/h5,8-9,17H,4,6-7,10H2,1-3H3,(H2,15,16). The molecule has 1 saturated heterocycles. The molecule has 0 amide bonds. The van der Waals surface area contributed by atoms with E-state index in [1.54, 1.807) is 6.20 Å². The van der Waals surface area contributed by atoms with Crippen molar-refractivity contribution in [2.45, 2.75) is 45.6 Å². The first-order valence-corrected chi connectivity index (χ1v) is 6.38. The summed E-state index contributed by atoms with van der Waals surface area (Å²) in [4.78, 5) is 4.06. The Hall–Kier alpha value is -1.09. The highest BCUT2D eigenvalue weighted by Crippen LogP contribution is 2.39. The summed E-state index contributed by atoms with van der Waals surface area (Å²) in [5.41, 5.74) is 7.48. The van der Waals surface area contributed by atoms with E-state index in [-0.39, 0.29) is 11.0 Å².